The zero-order chi connectivity index (χ0) is 11.3. The van der Waals surface area contributed by atoms with Crippen molar-refractivity contribution in [3.8, 4) is 5.75 Å². The van der Waals surface area contributed by atoms with Gasteiger partial charge in [-0.2, -0.15) is 0 Å². The minimum Gasteiger partial charge on any atom is -0.494 e. The smallest absolute Gasteiger partial charge is 0.166 e. The van der Waals surface area contributed by atoms with Gasteiger partial charge in [0, 0.05) is 23.6 Å². The van der Waals surface area contributed by atoms with E-state index in [1.54, 1.807) is 18.2 Å². The highest BCUT2D eigenvalue weighted by atomic mass is 35.5. The fraction of sp³-hybridized carbons (Fsp3) is 0.364. The number of ether oxygens (including phenoxy) is 1. The van der Waals surface area contributed by atoms with Crippen LogP contribution >= 0.6 is 11.6 Å². The molecule has 0 saturated heterocycles. The van der Waals surface area contributed by atoms with Crippen LogP contribution in [0.5, 0.6) is 5.75 Å². The Kier molecular flexibility index (Phi) is 4.43. The van der Waals surface area contributed by atoms with Crippen molar-refractivity contribution in [1.82, 2.24) is 0 Å². The Morgan fingerprint density at radius 1 is 1.53 bits per heavy atom. The van der Waals surface area contributed by atoms with E-state index < -0.39 is 0 Å². The minimum absolute atomic E-state index is 0.0518. The maximum Gasteiger partial charge on any atom is 0.166 e. The van der Waals surface area contributed by atoms with Crippen LogP contribution in [0.3, 0.4) is 0 Å². The van der Waals surface area contributed by atoms with Crippen molar-refractivity contribution >= 4 is 23.1 Å². The number of benzene rings is 1. The van der Waals surface area contributed by atoms with Crippen molar-refractivity contribution in [3.63, 3.8) is 0 Å². The molecule has 4 heteroatoms. The summed E-state index contributed by atoms with van der Waals surface area (Å²) in [7, 11) is 0. The monoisotopic (exact) mass is 227 g/mol. The van der Waals surface area contributed by atoms with Gasteiger partial charge in [-0.05, 0) is 25.1 Å². The second-order valence-corrected chi connectivity index (χ2v) is 3.42. The molecule has 0 heterocycles. The van der Waals surface area contributed by atoms with Gasteiger partial charge in [0.1, 0.15) is 5.75 Å². The predicted molar refractivity (Wildman–Crippen MR) is 61.7 cm³/mol. The number of Topliss-reactive ketones (excluding diaryl/α,β-unsaturated/α-hetero) is 1. The molecule has 2 N–H and O–H groups in total. The van der Waals surface area contributed by atoms with Crippen molar-refractivity contribution in [2.75, 3.05) is 18.2 Å². The van der Waals surface area contributed by atoms with Gasteiger partial charge >= 0.3 is 0 Å². The van der Waals surface area contributed by atoms with Crippen LogP contribution < -0.4 is 10.5 Å². The maximum absolute atomic E-state index is 11.6. The summed E-state index contributed by atoms with van der Waals surface area (Å²) in [6.45, 7) is 2.45. The predicted octanol–water partition coefficient (Wildman–Crippen LogP) is 2.48. The summed E-state index contributed by atoms with van der Waals surface area (Å²) in [5.41, 5.74) is 6.65. The molecule has 0 fully saturated rings. The van der Waals surface area contributed by atoms with Crippen LogP contribution in [0.25, 0.3) is 0 Å². The average Bonchev–Trinajstić information content (AvgIpc) is 2.21. The van der Waals surface area contributed by atoms with E-state index in [2.05, 4.69) is 0 Å². The largest absolute Gasteiger partial charge is 0.494 e. The Morgan fingerprint density at radius 3 is 2.87 bits per heavy atom. The van der Waals surface area contributed by atoms with Crippen LogP contribution in [0.4, 0.5) is 5.69 Å². The molecule has 0 radical (unpaired) electrons. The number of nitrogen functional groups attached to an aromatic ring is 1. The average molecular weight is 228 g/mol. The molecule has 0 amide bonds. The topological polar surface area (TPSA) is 52.3 Å². The molecule has 1 rings (SSSR count). The summed E-state index contributed by atoms with van der Waals surface area (Å²) in [5, 5.41) is 0. The summed E-state index contributed by atoms with van der Waals surface area (Å²) >= 11 is 5.51. The molecule has 0 saturated carbocycles. The van der Waals surface area contributed by atoms with E-state index in [1.165, 1.54) is 0 Å². The second-order valence-electron chi connectivity index (χ2n) is 3.04. The van der Waals surface area contributed by atoms with Crippen molar-refractivity contribution < 1.29 is 9.53 Å². The molecular weight excluding hydrogens is 214 g/mol. The highest BCUT2D eigenvalue weighted by molar-refractivity contribution is 6.19. The lowest BCUT2D eigenvalue weighted by Gasteiger charge is -2.07. The van der Waals surface area contributed by atoms with Gasteiger partial charge in [0.05, 0.1) is 6.61 Å². The number of alkyl halides is 1. The number of anilines is 1. The van der Waals surface area contributed by atoms with Crippen molar-refractivity contribution in [3.05, 3.63) is 23.8 Å². The summed E-state index contributed by atoms with van der Waals surface area (Å²) in [5.74, 6) is 0.908. The van der Waals surface area contributed by atoms with E-state index in [9.17, 15) is 4.79 Å². The Hall–Kier alpha value is -1.22. The first kappa shape index (κ1) is 11.9. The lowest BCUT2D eigenvalue weighted by Crippen LogP contribution is -2.05. The molecule has 0 bridgehead atoms. The second kappa shape index (κ2) is 5.61. The molecule has 1 aromatic carbocycles. The number of hydrogen-bond donors (Lipinski definition) is 1. The molecule has 82 valence electrons. The van der Waals surface area contributed by atoms with E-state index in [0.717, 1.165) is 0 Å². The van der Waals surface area contributed by atoms with Gasteiger partial charge in [-0.3, -0.25) is 4.79 Å². The fourth-order valence-electron chi connectivity index (χ4n) is 1.25. The first-order valence-electron chi connectivity index (χ1n) is 4.80. The fourth-order valence-corrected chi connectivity index (χ4v) is 1.43. The maximum atomic E-state index is 11.6. The molecule has 0 aliphatic heterocycles. The number of nitrogens with two attached hydrogens (primary N) is 1. The van der Waals surface area contributed by atoms with Crippen LogP contribution in [0.1, 0.15) is 23.7 Å². The van der Waals surface area contributed by atoms with Crippen LogP contribution in [-0.2, 0) is 0 Å². The van der Waals surface area contributed by atoms with Gasteiger partial charge in [0.25, 0.3) is 0 Å². The summed E-state index contributed by atoms with van der Waals surface area (Å²) in [6, 6.07) is 5.08. The normalized spacial score (nSPS) is 10.0. The number of carbonyl (C=O) groups is 1. The molecule has 0 atom stereocenters. The highest BCUT2D eigenvalue weighted by Crippen LogP contribution is 2.21. The Morgan fingerprint density at radius 2 is 2.27 bits per heavy atom. The third-order valence-corrected chi connectivity index (χ3v) is 2.15. The third-order valence-electron chi connectivity index (χ3n) is 1.96. The van der Waals surface area contributed by atoms with Crippen LogP contribution in [0.15, 0.2) is 18.2 Å². The summed E-state index contributed by atoms with van der Waals surface area (Å²) in [6.07, 6.45) is 0.293. The molecule has 1 aromatic rings. The number of ketones is 1. The molecule has 0 unspecified atom stereocenters. The Balaban J connectivity index is 2.94. The molecule has 15 heavy (non-hydrogen) atoms. The number of carbonyl (C=O) groups excluding carboxylic acids is 1. The van der Waals surface area contributed by atoms with E-state index >= 15 is 0 Å². The zero-order valence-corrected chi connectivity index (χ0v) is 9.38. The van der Waals surface area contributed by atoms with Gasteiger partial charge in [-0.1, -0.05) is 0 Å². The van der Waals surface area contributed by atoms with Gasteiger partial charge in [0.15, 0.2) is 5.78 Å². The lowest BCUT2D eigenvalue weighted by atomic mass is 10.1. The number of rotatable bonds is 5. The molecule has 3 nitrogen and oxygen atoms in total. The standard InChI is InChI=1S/C11H14ClNO2/c1-2-15-8-3-4-10(13)9(7-8)11(14)5-6-12/h3-4,7H,2,5-6,13H2,1H3. The van der Waals surface area contributed by atoms with Crippen LogP contribution in [0.2, 0.25) is 0 Å². The summed E-state index contributed by atoms with van der Waals surface area (Å²) < 4.78 is 5.29. The molecule has 0 aromatic heterocycles. The zero-order valence-electron chi connectivity index (χ0n) is 8.63. The lowest BCUT2D eigenvalue weighted by molar-refractivity contribution is 0.0989. The number of halogens is 1. The Bertz CT molecular complexity index is 352. The van der Waals surface area contributed by atoms with E-state index in [4.69, 9.17) is 22.1 Å². The van der Waals surface area contributed by atoms with Crippen molar-refractivity contribution in [1.29, 1.82) is 0 Å². The van der Waals surface area contributed by atoms with Crippen molar-refractivity contribution in [2.24, 2.45) is 0 Å². The molecule has 0 aliphatic rings. The SMILES string of the molecule is CCOc1ccc(N)c(C(=O)CCCl)c1. The van der Waals surface area contributed by atoms with Gasteiger partial charge in [-0.25, -0.2) is 0 Å². The van der Waals surface area contributed by atoms with Gasteiger partial charge in [-0.15, -0.1) is 11.6 Å². The van der Waals surface area contributed by atoms with E-state index in [0.29, 0.717) is 35.9 Å². The van der Waals surface area contributed by atoms with Crippen molar-refractivity contribution in [2.45, 2.75) is 13.3 Å². The quantitative estimate of drug-likeness (QED) is 0.478. The number of hydrogen-bond acceptors (Lipinski definition) is 3. The van der Waals surface area contributed by atoms with Gasteiger partial charge < -0.3 is 10.5 Å². The van der Waals surface area contributed by atoms with E-state index in [1.807, 2.05) is 6.92 Å². The minimum atomic E-state index is -0.0518. The van der Waals surface area contributed by atoms with Crippen LogP contribution in [-0.4, -0.2) is 18.3 Å². The first-order chi connectivity index (χ1) is 7.19. The third kappa shape index (κ3) is 3.13. The highest BCUT2D eigenvalue weighted by Gasteiger charge is 2.10. The Labute approximate surface area is 94.2 Å². The van der Waals surface area contributed by atoms with Gasteiger partial charge in [0.2, 0.25) is 0 Å². The first-order valence-corrected chi connectivity index (χ1v) is 5.34. The van der Waals surface area contributed by atoms with Crippen LogP contribution in [0, 0.1) is 0 Å². The summed E-state index contributed by atoms with van der Waals surface area (Å²) in [4.78, 5) is 11.6. The van der Waals surface area contributed by atoms with E-state index in [-0.39, 0.29) is 5.78 Å². The molecule has 0 spiro atoms. The molecular formula is C11H14ClNO2. The molecule has 0 aliphatic carbocycles.